The van der Waals surface area contributed by atoms with E-state index in [4.69, 9.17) is 0 Å². The second kappa shape index (κ2) is 7.28. The van der Waals surface area contributed by atoms with Crippen LogP contribution in [0.4, 0.5) is 0 Å². The highest BCUT2D eigenvalue weighted by atomic mass is 16.2. The maximum atomic E-state index is 12.1. The molecule has 1 fully saturated rings. The Kier molecular flexibility index (Phi) is 6.31. The van der Waals surface area contributed by atoms with Gasteiger partial charge in [-0.05, 0) is 57.7 Å². The van der Waals surface area contributed by atoms with Crippen molar-refractivity contribution in [1.82, 2.24) is 9.80 Å². The minimum Gasteiger partial charge on any atom is -0.343 e. The maximum absolute atomic E-state index is 12.1. The smallest absolute Gasteiger partial charge is 0.222 e. The van der Waals surface area contributed by atoms with Crippen LogP contribution in [0.1, 0.15) is 52.9 Å². The second-order valence-electron chi connectivity index (χ2n) is 7.28. The highest BCUT2D eigenvalue weighted by Crippen LogP contribution is 2.34. The van der Waals surface area contributed by atoms with Crippen molar-refractivity contribution in [3.05, 3.63) is 0 Å². The Bertz CT molecular complexity index is 273. The van der Waals surface area contributed by atoms with Crippen LogP contribution in [0.15, 0.2) is 0 Å². The molecule has 19 heavy (non-hydrogen) atoms. The molecule has 0 atom stereocenters. The Hall–Kier alpha value is -0.570. The number of carbonyl (C=O) groups is 1. The molecule has 0 N–H and O–H groups in total. The molecule has 1 rings (SSSR count). The fourth-order valence-electron chi connectivity index (χ4n) is 2.86. The van der Waals surface area contributed by atoms with Crippen molar-refractivity contribution in [3.63, 3.8) is 0 Å². The first-order chi connectivity index (χ1) is 8.80. The van der Waals surface area contributed by atoms with Gasteiger partial charge in [0.1, 0.15) is 0 Å². The Balaban J connectivity index is 2.22. The van der Waals surface area contributed by atoms with E-state index in [2.05, 4.69) is 44.7 Å². The summed E-state index contributed by atoms with van der Waals surface area (Å²) in [5.41, 5.74) is 0.390. The molecule has 0 unspecified atom stereocenters. The zero-order valence-electron chi connectivity index (χ0n) is 13.5. The summed E-state index contributed by atoms with van der Waals surface area (Å²) < 4.78 is 0. The zero-order valence-corrected chi connectivity index (χ0v) is 13.5. The molecule has 0 spiro atoms. The number of nitrogens with zero attached hydrogens (tertiary/aromatic N) is 2. The Labute approximate surface area is 119 Å². The number of carbonyl (C=O) groups excluding carboxylic acids is 1. The monoisotopic (exact) mass is 268 g/mol. The van der Waals surface area contributed by atoms with Crippen LogP contribution in [0.3, 0.4) is 0 Å². The van der Waals surface area contributed by atoms with Crippen molar-refractivity contribution >= 4 is 5.91 Å². The van der Waals surface area contributed by atoms with Gasteiger partial charge in [0, 0.05) is 19.5 Å². The molecule has 0 saturated carbocycles. The number of unbranched alkanes of at least 4 members (excludes halogenated alkanes) is 1. The third-order valence-electron chi connectivity index (χ3n) is 4.32. The molecule has 0 aromatic heterocycles. The SMILES string of the molecule is CN(C)CCCCC(=O)N1CCC(C(C)(C)C)CC1. The first kappa shape index (κ1) is 16.5. The van der Waals surface area contributed by atoms with E-state index in [1.165, 1.54) is 12.8 Å². The molecule has 0 aromatic rings. The van der Waals surface area contributed by atoms with E-state index >= 15 is 0 Å². The standard InChI is InChI=1S/C16H32N2O/c1-16(2,3)14-9-12-18(13-10-14)15(19)8-6-7-11-17(4)5/h14H,6-13H2,1-5H3. The summed E-state index contributed by atoms with van der Waals surface area (Å²) in [5, 5.41) is 0. The van der Waals surface area contributed by atoms with Crippen molar-refractivity contribution in [2.45, 2.75) is 52.9 Å². The Morgan fingerprint density at radius 1 is 1.16 bits per heavy atom. The van der Waals surface area contributed by atoms with E-state index in [0.29, 0.717) is 11.3 Å². The summed E-state index contributed by atoms with van der Waals surface area (Å²) in [7, 11) is 4.16. The molecule has 112 valence electrons. The van der Waals surface area contributed by atoms with Crippen LogP contribution in [0, 0.1) is 11.3 Å². The lowest BCUT2D eigenvalue weighted by molar-refractivity contribution is -0.133. The van der Waals surface area contributed by atoms with E-state index in [0.717, 1.165) is 44.8 Å². The van der Waals surface area contributed by atoms with E-state index in [-0.39, 0.29) is 0 Å². The minimum atomic E-state index is 0.367. The van der Waals surface area contributed by atoms with Crippen LogP contribution in [-0.4, -0.2) is 49.4 Å². The lowest BCUT2D eigenvalue weighted by atomic mass is 9.75. The van der Waals surface area contributed by atoms with Crippen molar-refractivity contribution in [2.75, 3.05) is 33.7 Å². The number of hydrogen-bond donors (Lipinski definition) is 0. The summed E-state index contributed by atoms with van der Waals surface area (Å²) in [5.74, 6) is 1.14. The number of likely N-dealkylation sites (tertiary alicyclic amines) is 1. The van der Waals surface area contributed by atoms with Crippen molar-refractivity contribution in [1.29, 1.82) is 0 Å². The Morgan fingerprint density at radius 2 is 1.74 bits per heavy atom. The van der Waals surface area contributed by atoms with E-state index in [1.54, 1.807) is 0 Å². The summed E-state index contributed by atoms with van der Waals surface area (Å²) in [4.78, 5) is 16.4. The zero-order chi connectivity index (χ0) is 14.5. The molecule has 3 heteroatoms. The number of hydrogen-bond acceptors (Lipinski definition) is 2. The van der Waals surface area contributed by atoms with Gasteiger partial charge in [0.15, 0.2) is 0 Å². The normalized spacial score (nSPS) is 18.1. The molecule has 1 saturated heterocycles. The number of rotatable bonds is 5. The molecule has 1 aliphatic rings. The largest absolute Gasteiger partial charge is 0.343 e. The van der Waals surface area contributed by atoms with Crippen molar-refractivity contribution < 1.29 is 4.79 Å². The molecule has 0 aromatic carbocycles. The van der Waals surface area contributed by atoms with Gasteiger partial charge >= 0.3 is 0 Å². The first-order valence-electron chi connectivity index (χ1n) is 7.73. The third kappa shape index (κ3) is 5.94. The van der Waals surface area contributed by atoms with Gasteiger partial charge in [0.05, 0.1) is 0 Å². The highest BCUT2D eigenvalue weighted by Gasteiger charge is 2.29. The van der Waals surface area contributed by atoms with Crippen LogP contribution in [-0.2, 0) is 4.79 Å². The molecular formula is C16H32N2O. The van der Waals surface area contributed by atoms with Crippen LogP contribution in [0.5, 0.6) is 0 Å². The van der Waals surface area contributed by atoms with Gasteiger partial charge in [-0.3, -0.25) is 4.79 Å². The highest BCUT2D eigenvalue weighted by molar-refractivity contribution is 5.76. The topological polar surface area (TPSA) is 23.6 Å². The molecule has 0 radical (unpaired) electrons. The van der Waals surface area contributed by atoms with Gasteiger partial charge < -0.3 is 9.80 Å². The van der Waals surface area contributed by atoms with Crippen LogP contribution < -0.4 is 0 Å². The molecule has 3 nitrogen and oxygen atoms in total. The molecular weight excluding hydrogens is 236 g/mol. The van der Waals surface area contributed by atoms with Crippen LogP contribution >= 0.6 is 0 Å². The van der Waals surface area contributed by atoms with E-state index < -0.39 is 0 Å². The van der Waals surface area contributed by atoms with Gasteiger partial charge in [-0.2, -0.15) is 0 Å². The van der Waals surface area contributed by atoms with E-state index in [9.17, 15) is 4.79 Å². The average Bonchev–Trinajstić information content (AvgIpc) is 2.33. The van der Waals surface area contributed by atoms with Crippen LogP contribution in [0.25, 0.3) is 0 Å². The quantitative estimate of drug-likeness (QED) is 0.716. The van der Waals surface area contributed by atoms with Gasteiger partial charge in [-0.1, -0.05) is 20.8 Å². The fraction of sp³-hybridized carbons (Fsp3) is 0.938. The second-order valence-corrected chi connectivity index (χ2v) is 7.28. The van der Waals surface area contributed by atoms with Gasteiger partial charge in [0.25, 0.3) is 0 Å². The molecule has 1 amide bonds. The number of amides is 1. The summed E-state index contributed by atoms with van der Waals surface area (Å²) >= 11 is 0. The third-order valence-corrected chi connectivity index (χ3v) is 4.32. The minimum absolute atomic E-state index is 0.367. The summed E-state index contributed by atoms with van der Waals surface area (Å²) in [6, 6.07) is 0. The lowest BCUT2D eigenvalue weighted by Crippen LogP contribution is -2.41. The fourth-order valence-corrected chi connectivity index (χ4v) is 2.86. The average molecular weight is 268 g/mol. The maximum Gasteiger partial charge on any atom is 0.222 e. The molecule has 0 bridgehead atoms. The van der Waals surface area contributed by atoms with Crippen molar-refractivity contribution in [2.24, 2.45) is 11.3 Å². The predicted molar refractivity (Wildman–Crippen MR) is 81.2 cm³/mol. The van der Waals surface area contributed by atoms with Gasteiger partial charge in [0.2, 0.25) is 5.91 Å². The molecule has 1 heterocycles. The molecule has 1 aliphatic heterocycles. The Morgan fingerprint density at radius 3 is 2.21 bits per heavy atom. The lowest BCUT2D eigenvalue weighted by Gasteiger charge is -2.38. The summed E-state index contributed by atoms with van der Waals surface area (Å²) in [6.45, 7) is 9.96. The van der Waals surface area contributed by atoms with Crippen molar-refractivity contribution in [3.8, 4) is 0 Å². The number of piperidine rings is 1. The first-order valence-corrected chi connectivity index (χ1v) is 7.73. The van der Waals surface area contributed by atoms with Gasteiger partial charge in [-0.25, -0.2) is 0 Å². The van der Waals surface area contributed by atoms with E-state index in [1.807, 2.05) is 0 Å². The summed E-state index contributed by atoms with van der Waals surface area (Å²) in [6.07, 6.45) is 5.22. The predicted octanol–water partition coefficient (Wildman–Crippen LogP) is 3.00. The molecule has 0 aliphatic carbocycles. The van der Waals surface area contributed by atoms with Gasteiger partial charge in [-0.15, -0.1) is 0 Å². The van der Waals surface area contributed by atoms with Crippen LogP contribution in [0.2, 0.25) is 0 Å².